The number of oxazole rings is 1. The van der Waals surface area contributed by atoms with Crippen molar-refractivity contribution in [2.75, 3.05) is 13.4 Å². The minimum atomic E-state index is -4.49. The summed E-state index contributed by atoms with van der Waals surface area (Å²) in [4.78, 5) is 3.84. The van der Waals surface area contributed by atoms with Crippen LogP contribution in [0, 0.1) is 0 Å². The van der Waals surface area contributed by atoms with Gasteiger partial charge in [-0.15, -0.1) is 0 Å². The highest BCUT2D eigenvalue weighted by atomic mass is 35.5. The molecule has 0 unspecified atom stereocenters. The molecule has 0 N–H and O–H groups in total. The SMILES string of the molecule is FC(F)(F)c1ccc2oc(OCOc3c(Cl)cc(OCC=C(Cl)Cl)cc3Cl)nc2c1. The van der Waals surface area contributed by atoms with E-state index in [1.807, 2.05) is 0 Å². The highest BCUT2D eigenvalue weighted by Crippen LogP contribution is 2.37. The predicted molar refractivity (Wildman–Crippen MR) is 107 cm³/mol. The molecule has 5 nitrogen and oxygen atoms in total. The van der Waals surface area contributed by atoms with Gasteiger partial charge in [0, 0.05) is 12.1 Å². The molecule has 0 spiro atoms. The Kier molecular flexibility index (Phi) is 7.13. The maximum Gasteiger partial charge on any atom is 0.416 e. The van der Waals surface area contributed by atoms with Gasteiger partial charge in [0.15, 0.2) is 11.3 Å². The molecule has 1 aromatic heterocycles. The number of alkyl halides is 3. The van der Waals surface area contributed by atoms with E-state index < -0.39 is 18.5 Å². The van der Waals surface area contributed by atoms with Crippen molar-refractivity contribution >= 4 is 57.5 Å². The van der Waals surface area contributed by atoms with Crippen LogP contribution >= 0.6 is 46.4 Å². The molecule has 0 bridgehead atoms. The van der Waals surface area contributed by atoms with Crippen LogP contribution in [0.5, 0.6) is 17.6 Å². The van der Waals surface area contributed by atoms with E-state index in [0.717, 1.165) is 18.2 Å². The van der Waals surface area contributed by atoms with Crippen LogP contribution in [0.25, 0.3) is 11.1 Å². The molecule has 0 saturated carbocycles. The molecule has 12 heteroatoms. The van der Waals surface area contributed by atoms with Crippen LogP contribution in [-0.4, -0.2) is 18.4 Å². The Balaban J connectivity index is 1.64. The molecule has 1 heterocycles. The summed E-state index contributed by atoms with van der Waals surface area (Å²) >= 11 is 23.2. The first-order chi connectivity index (χ1) is 14.1. The number of rotatable bonds is 7. The van der Waals surface area contributed by atoms with Crippen LogP contribution < -0.4 is 14.2 Å². The molecule has 0 amide bonds. The van der Waals surface area contributed by atoms with E-state index in [1.54, 1.807) is 0 Å². The second-order valence-electron chi connectivity index (χ2n) is 5.59. The zero-order chi connectivity index (χ0) is 21.9. The minimum absolute atomic E-state index is 0.0107. The molecule has 30 heavy (non-hydrogen) atoms. The van der Waals surface area contributed by atoms with Gasteiger partial charge in [-0.05, 0) is 24.3 Å². The number of nitrogens with zero attached hydrogens (tertiary/aromatic N) is 1. The van der Waals surface area contributed by atoms with Gasteiger partial charge in [0.05, 0.1) is 15.6 Å². The Morgan fingerprint density at radius 2 is 1.73 bits per heavy atom. The summed E-state index contributed by atoms with van der Waals surface area (Å²) in [6, 6.07) is 5.80. The molecule has 0 saturated heterocycles. The Bertz CT molecular complexity index is 1060. The fourth-order valence-corrected chi connectivity index (χ4v) is 2.94. The summed E-state index contributed by atoms with van der Waals surface area (Å²) in [5, 5.41) is 0.267. The number of hydrogen-bond donors (Lipinski definition) is 0. The van der Waals surface area contributed by atoms with E-state index in [4.69, 9.17) is 65.0 Å². The fourth-order valence-electron chi connectivity index (χ4n) is 2.24. The zero-order valence-corrected chi connectivity index (χ0v) is 17.6. The van der Waals surface area contributed by atoms with Gasteiger partial charge < -0.3 is 18.6 Å². The lowest BCUT2D eigenvalue weighted by Crippen LogP contribution is -2.06. The summed E-state index contributed by atoms with van der Waals surface area (Å²) < 4.78 is 59.5. The normalized spacial score (nSPS) is 11.4. The van der Waals surface area contributed by atoms with Gasteiger partial charge in [0.1, 0.15) is 22.4 Å². The summed E-state index contributed by atoms with van der Waals surface area (Å²) in [6.07, 6.45) is -3.34. The van der Waals surface area contributed by atoms with Crippen LogP contribution in [0.1, 0.15) is 5.56 Å². The van der Waals surface area contributed by atoms with Crippen LogP contribution in [0.2, 0.25) is 10.0 Å². The molecule has 0 fully saturated rings. The van der Waals surface area contributed by atoms with Gasteiger partial charge in [-0.1, -0.05) is 46.4 Å². The highest BCUT2D eigenvalue weighted by Gasteiger charge is 2.31. The maximum atomic E-state index is 12.8. The number of hydrogen-bond acceptors (Lipinski definition) is 5. The first-order valence-corrected chi connectivity index (χ1v) is 9.51. The monoisotopic (exact) mass is 501 g/mol. The van der Waals surface area contributed by atoms with E-state index in [9.17, 15) is 13.2 Å². The van der Waals surface area contributed by atoms with Gasteiger partial charge in [0.25, 0.3) is 0 Å². The van der Waals surface area contributed by atoms with Crippen molar-refractivity contribution in [2.24, 2.45) is 0 Å². The molecule has 0 radical (unpaired) electrons. The van der Waals surface area contributed by atoms with E-state index in [-0.39, 0.29) is 44.1 Å². The molecule has 0 aliphatic rings. The lowest BCUT2D eigenvalue weighted by Gasteiger charge is -2.11. The van der Waals surface area contributed by atoms with Crippen molar-refractivity contribution in [3.8, 4) is 17.6 Å². The van der Waals surface area contributed by atoms with Crippen LogP contribution in [0.15, 0.2) is 45.3 Å². The number of benzene rings is 2. The van der Waals surface area contributed by atoms with Gasteiger partial charge in [-0.2, -0.15) is 18.2 Å². The predicted octanol–water partition coefficient (Wildman–Crippen LogP) is 7.27. The van der Waals surface area contributed by atoms with Crippen molar-refractivity contribution in [2.45, 2.75) is 6.18 Å². The van der Waals surface area contributed by atoms with Gasteiger partial charge >= 0.3 is 12.3 Å². The molecular formula is C18H10Cl4F3NO4. The summed E-state index contributed by atoms with van der Waals surface area (Å²) in [5.41, 5.74) is -0.735. The number of ether oxygens (including phenoxy) is 3. The fraction of sp³-hybridized carbons (Fsp3) is 0.167. The third-order valence-electron chi connectivity index (χ3n) is 3.54. The molecule has 0 aliphatic carbocycles. The quantitative estimate of drug-likeness (QED) is 0.318. The molecule has 0 atom stereocenters. The second-order valence-corrected chi connectivity index (χ2v) is 7.41. The van der Waals surface area contributed by atoms with Gasteiger partial charge in [-0.3, -0.25) is 0 Å². The largest absolute Gasteiger partial charge is 0.489 e. The van der Waals surface area contributed by atoms with E-state index in [1.165, 1.54) is 18.2 Å². The topological polar surface area (TPSA) is 53.7 Å². The standard InChI is InChI=1S/C18H10Cl4F3NO4/c19-11-6-10(27-4-3-15(21)22)7-12(20)16(11)28-8-29-17-26-13-5-9(18(23,24)25)1-2-14(13)30-17/h1-3,5-7H,4,8H2. The molecule has 160 valence electrons. The van der Waals surface area contributed by atoms with E-state index >= 15 is 0 Å². The van der Waals surface area contributed by atoms with Crippen LogP contribution in [0.4, 0.5) is 13.2 Å². The van der Waals surface area contributed by atoms with Crippen LogP contribution in [0.3, 0.4) is 0 Å². The first kappa shape index (κ1) is 22.7. The van der Waals surface area contributed by atoms with Crippen molar-refractivity contribution in [3.05, 3.63) is 56.5 Å². The van der Waals surface area contributed by atoms with Crippen LogP contribution in [-0.2, 0) is 6.18 Å². The van der Waals surface area contributed by atoms with Gasteiger partial charge in [-0.25, -0.2) is 0 Å². The average molecular weight is 503 g/mol. The van der Waals surface area contributed by atoms with E-state index in [0.29, 0.717) is 5.75 Å². The summed E-state index contributed by atoms with van der Waals surface area (Å²) in [5.74, 6) is 0.454. The maximum absolute atomic E-state index is 12.8. The molecule has 0 aliphatic heterocycles. The van der Waals surface area contributed by atoms with Crippen molar-refractivity contribution in [1.82, 2.24) is 4.98 Å². The average Bonchev–Trinajstić information content (AvgIpc) is 3.05. The minimum Gasteiger partial charge on any atom is -0.489 e. The Morgan fingerprint density at radius 1 is 1.03 bits per heavy atom. The van der Waals surface area contributed by atoms with E-state index in [2.05, 4.69) is 4.98 Å². The summed E-state index contributed by atoms with van der Waals surface area (Å²) in [6.45, 7) is -0.310. The third kappa shape index (κ3) is 5.78. The third-order valence-corrected chi connectivity index (χ3v) is 4.41. The highest BCUT2D eigenvalue weighted by molar-refractivity contribution is 6.55. The lowest BCUT2D eigenvalue weighted by molar-refractivity contribution is -0.137. The second kappa shape index (κ2) is 9.43. The summed E-state index contributed by atoms with van der Waals surface area (Å²) in [7, 11) is 0. The number of aromatic nitrogens is 1. The Labute approximate surface area is 187 Å². The molecular weight excluding hydrogens is 493 g/mol. The Morgan fingerprint density at radius 3 is 2.37 bits per heavy atom. The molecule has 2 aromatic carbocycles. The smallest absolute Gasteiger partial charge is 0.416 e. The van der Waals surface area contributed by atoms with Crippen molar-refractivity contribution < 1.29 is 31.8 Å². The molecule has 3 rings (SSSR count). The number of fused-ring (bicyclic) bond motifs is 1. The van der Waals surface area contributed by atoms with Crippen molar-refractivity contribution in [3.63, 3.8) is 0 Å². The molecule has 3 aromatic rings. The Hall–Kier alpha value is -2.00. The number of halogens is 7. The zero-order valence-electron chi connectivity index (χ0n) is 14.6. The van der Waals surface area contributed by atoms with Crippen molar-refractivity contribution in [1.29, 1.82) is 0 Å². The lowest BCUT2D eigenvalue weighted by atomic mass is 10.2. The first-order valence-electron chi connectivity index (χ1n) is 8.00. The van der Waals surface area contributed by atoms with Gasteiger partial charge in [0.2, 0.25) is 6.79 Å².